The van der Waals surface area contributed by atoms with E-state index in [1.807, 2.05) is 0 Å². The Labute approximate surface area is 148 Å². The highest BCUT2D eigenvalue weighted by Gasteiger charge is 2.35. The normalized spacial score (nSPS) is 17.2. The predicted molar refractivity (Wildman–Crippen MR) is 92.0 cm³/mol. The van der Waals surface area contributed by atoms with Gasteiger partial charge in [-0.3, -0.25) is 9.59 Å². The molecule has 4 nitrogen and oxygen atoms in total. The van der Waals surface area contributed by atoms with E-state index in [0.717, 1.165) is 0 Å². The number of rotatable bonds is 3. The van der Waals surface area contributed by atoms with Crippen LogP contribution in [-0.2, 0) is 9.59 Å². The van der Waals surface area contributed by atoms with Crippen LogP contribution in [0.2, 0.25) is 10.0 Å². The molecule has 1 saturated heterocycles. The van der Waals surface area contributed by atoms with Crippen molar-refractivity contribution in [3.63, 3.8) is 0 Å². The van der Waals surface area contributed by atoms with Gasteiger partial charge < -0.3 is 10.2 Å². The highest BCUT2D eigenvalue weighted by molar-refractivity contribution is 6.31. The molecule has 2 aromatic carbocycles. The number of carbonyl (C=O) groups excluding carboxylic acids is 2. The van der Waals surface area contributed by atoms with Gasteiger partial charge in [0.25, 0.3) is 0 Å². The van der Waals surface area contributed by atoms with Crippen LogP contribution in [0.1, 0.15) is 6.42 Å². The molecular formula is C17H13Cl2FN2O2. The molecule has 0 radical (unpaired) electrons. The molecule has 24 heavy (non-hydrogen) atoms. The zero-order valence-electron chi connectivity index (χ0n) is 12.4. The maximum absolute atomic E-state index is 13.2. The molecular weight excluding hydrogens is 354 g/mol. The van der Waals surface area contributed by atoms with Gasteiger partial charge in [0.2, 0.25) is 11.8 Å². The number of benzene rings is 2. The van der Waals surface area contributed by atoms with Gasteiger partial charge in [0, 0.05) is 29.4 Å². The van der Waals surface area contributed by atoms with Crippen LogP contribution in [0, 0.1) is 11.7 Å². The summed E-state index contributed by atoms with van der Waals surface area (Å²) in [5.74, 6) is -1.49. The van der Waals surface area contributed by atoms with Gasteiger partial charge in [0.05, 0.1) is 10.9 Å². The highest BCUT2D eigenvalue weighted by Crippen LogP contribution is 2.29. The Bertz CT molecular complexity index is 796. The smallest absolute Gasteiger partial charge is 0.229 e. The Morgan fingerprint density at radius 2 is 1.88 bits per heavy atom. The standard InChI is InChI=1S/C17H13Cl2FN2O2/c18-11-1-3-12(4-2-11)21-17(24)10-7-16(23)22(9-10)13-5-6-15(20)14(19)8-13/h1-6,8,10H,7,9H2,(H,21,24). The van der Waals surface area contributed by atoms with Crippen molar-refractivity contribution >= 4 is 46.4 Å². The van der Waals surface area contributed by atoms with E-state index in [4.69, 9.17) is 23.2 Å². The Hall–Kier alpha value is -2.11. The summed E-state index contributed by atoms with van der Waals surface area (Å²) in [5, 5.41) is 3.27. The molecule has 2 aromatic rings. The molecule has 3 rings (SSSR count). The Morgan fingerprint density at radius 1 is 1.17 bits per heavy atom. The second-order valence-corrected chi connectivity index (χ2v) is 6.34. The van der Waals surface area contributed by atoms with Gasteiger partial charge in [-0.25, -0.2) is 4.39 Å². The van der Waals surface area contributed by atoms with E-state index >= 15 is 0 Å². The molecule has 0 spiro atoms. The lowest BCUT2D eigenvalue weighted by Gasteiger charge is -2.17. The Balaban J connectivity index is 1.70. The van der Waals surface area contributed by atoms with Gasteiger partial charge in [-0.15, -0.1) is 0 Å². The van der Waals surface area contributed by atoms with E-state index in [1.54, 1.807) is 24.3 Å². The van der Waals surface area contributed by atoms with E-state index in [9.17, 15) is 14.0 Å². The quantitative estimate of drug-likeness (QED) is 0.887. The largest absolute Gasteiger partial charge is 0.326 e. The molecule has 0 aliphatic carbocycles. The SMILES string of the molecule is O=C(Nc1ccc(Cl)cc1)C1CC(=O)N(c2ccc(F)c(Cl)c2)C1. The summed E-state index contributed by atoms with van der Waals surface area (Å²) in [6.45, 7) is 0.222. The molecule has 7 heteroatoms. The molecule has 124 valence electrons. The Kier molecular flexibility index (Phi) is 4.73. The lowest BCUT2D eigenvalue weighted by molar-refractivity contribution is -0.122. The van der Waals surface area contributed by atoms with Crippen molar-refractivity contribution in [2.45, 2.75) is 6.42 Å². The topological polar surface area (TPSA) is 49.4 Å². The first-order valence-corrected chi connectivity index (χ1v) is 8.01. The minimum Gasteiger partial charge on any atom is -0.326 e. The summed E-state index contributed by atoms with van der Waals surface area (Å²) in [6.07, 6.45) is 0.0917. The molecule has 1 atom stereocenters. The number of anilines is 2. The zero-order valence-corrected chi connectivity index (χ0v) is 13.9. The summed E-state index contributed by atoms with van der Waals surface area (Å²) >= 11 is 11.6. The van der Waals surface area contributed by atoms with Gasteiger partial charge in [-0.05, 0) is 42.5 Å². The fourth-order valence-corrected chi connectivity index (χ4v) is 2.86. The fourth-order valence-electron chi connectivity index (χ4n) is 2.56. The van der Waals surface area contributed by atoms with Gasteiger partial charge in [0.15, 0.2) is 0 Å². The molecule has 1 N–H and O–H groups in total. The summed E-state index contributed by atoms with van der Waals surface area (Å²) in [7, 11) is 0. The number of amides is 2. The van der Waals surface area contributed by atoms with Crippen LogP contribution in [0.25, 0.3) is 0 Å². The summed E-state index contributed by atoms with van der Waals surface area (Å²) < 4.78 is 13.2. The van der Waals surface area contributed by atoms with Crippen LogP contribution in [0.15, 0.2) is 42.5 Å². The molecule has 1 heterocycles. The third kappa shape index (κ3) is 3.52. The highest BCUT2D eigenvalue weighted by atomic mass is 35.5. The van der Waals surface area contributed by atoms with E-state index in [2.05, 4.69) is 5.32 Å². The first-order chi connectivity index (χ1) is 11.4. The summed E-state index contributed by atoms with van der Waals surface area (Å²) in [6, 6.07) is 10.8. The minimum atomic E-state index is -0.552. The van der Waals surface area contributed by atoms with E-state index in [-0.39, 0.29) is 29.8 Å². The lowest BCUT2D eigenvalue weighted by atomic mass is 10.1. The van der Waals surface area contributed by atoms with Crippen molar-refractivity contribution in [3.8, 4) is 0 Å². The third-order valence-electron chi connectivity index (χ3n) is 3.82. The second kappa shape index (κ2) is 6.79. The van der Waals surface area contributed by atoms with Crippen LogP contribution in [0.3, 0.4) is 0 Å². The van der Waals surface area contributed by atoms with E-state index in [1.165, 1.54) is 23.1 Å². The molecule has 0 aromatic heterocycles. The van der Waals surface area contributed by atoms with Crippen molar-refractivity contribution in [1.82, 2.24) is 0 Å². The van der Waals surface area contributed by atoms with Gasteiger partial charge in [0.1, 0.15) is 5.82 Å². The monoisotopic (exact) mass is 366 g/mol. The van der Waals surface area contributed by atoms with Crippen LogP contribution in [-0.4, -0.2) is 18.4 Å². The molecule has 0 saturated carbocycles. The maximum Gasteiger partial charge on any atom is 0.229 e. The number of hydrogen-bond acceptors (Lipinski definition) is 2. The average molecular weight is 367 g/mol. The van der Waals surface area contributed by atoms with Crippen LogP contribution in [0.5, 0.6) is 0 Å². The number of carbonyl (C=O) groups is 2. The number of nitrogens with zero attached hydrogens (tertiary/aromatic N) is 1. The third-order valence-corrected chi connectivity index (χ3v) is 4.36. The van der Waals surface area contributed by atoms with Crippen LogP contribution >= 0.6 is 23.2 Å². The first kappa shape index (κ1) is 16.7. The fraction of sp³-hybridized carbons (Fsp3) is 0.176. The van der Waals surface area contributed by atoms with Crippen molar-refractivity contribution in [2.24, 2.45) is 5.92 Å². The van der Waals surface area contributed by atoms with Crippen LogP contribution < -0.4 is 10.2 Å². The van der Waals surface area contributed by atoms with Gasteiger partial charge in [-0.2, -0.15) is 0 Å². The van der Waals surface area contributed by atoms with E-state index in [0.29, 0.717) is 16.4 Å². The minimum absolute atomic E-state index is 0.0608. The van der Waals surface area contributed by atoms with Crippen molar-refractivity contribution < 1.29 is 14.0 Å². The van der Waals surface area contributed by atoms with Gasteiger partial charge >= 0.3 is 0 Å². The molecule has 1 unspecified atom stereocenters. The van der Waals surface area contributed by atoms with Crippen molar-refractivity contribution in [1.29, 1.82) is 0 Å². The molecule has 1 aliphatic heterocycles. The molecule has 1 aliphatic rings. The first-order valence-electron chi connectivity index (χ1n) is 7.26. The molecule has 0 bridgehead atoms. The van der Waals surface area contributed by atoms with Gasteiger partial charge in [-0.1, -0.05) is 23.2 Å². The van der Waals surface area contributed by atoms with Crippen molar-refractivity contribution in [2.75, 3.05) is 16.8 Å². The lowest BCUT2D eigenvalue weighted by Crippen LogP contribution is -2.28. The molecule has 1 fully saturated rings. The number of halogens is 3. The van der Waals surface area contributed by atoms with Crippen molar-refractivity contribution in [3.05, 3.63) is 58.3 Å². The number of nitrogens with one attached hydrogen (secondary N) is 1. The maximum atomic E-state index is 13.2. The van der Waals surface area contributed by atoms with Crippen LogP contribution in [0.4, 0.5) is 15.8 Å². The number of hydrogen-bond donors (Lipinski definition) is 1. The molecule has 2 amide bonds. The zero-order chi connectivity index (χ0) is 17.3. The Morgan fingerprint density at radius 3 is 2.54 bits per heavy atom. The average Bonchev–Trinajstić information content (AvgIpc) is 2.94. The summed E-state index contributed by atoms with van der Waals surface area (Å²) in [5.41, 5.74) is 1.09. The second-order valence-electron chi connectivity index (χ2n) is 5.50. The predicted octanol–water partition coefficient (Wildman–Crippen LogP) is 4.12. The summed E-state index contributed by atoms with van der Waals surface area (Å²) in [4.78, 5) is 26.0. The van der Waals surface area contributed by atoms with E-state index < -0.39 is 11.7 Å².